The van der Waals surface area contributed by atoms with Crippen LogP contribution in [-0.2, 0) is 15.7 Å². The van der Waals surface area contributed by atoms with Crippen LogP contribution in [0, 0.1) is 5.82 Å². The van der Waals surface area contributed by atoms with Gasteiger partial charge in [0.15, 0.2) is 0 Å². The SMILES string of the molecule is CCCCCCCCCCCCOC(=O)C1CCCN1C(=O)c1cc(C(F)(F)F)ccc1F. The monoisotopic (exact) mass is 473 g/mol. The average Bonchev–Trinajstić information content (AvgIpc) is 3.26. The van der Waals surface area contributed by atoms with Crippen LogP contribution in [0.5, 0.6) is 0 Å². The summed E-state index contributed by atoms with van der Waals surface area (Å²) in [7, 11) is 0. The molecule has 1 aliphatic heterocycles. The van der Waals surface area contributed by atoms with Gasteiger partial charge in [-0.2, -0.15) is 13.2 Å². The fourth-order valence-corrected chi connectivity index (χ4v) is 4.13. The van der Waals surface area contributed by atoms with Gasteiger partial charge in [0.1, 0.15) is 11.9 Å². The van der Waals surface area contributed by atoms with Crippen molar-refractivity contribution in [1.29, 1.82) is 0 Å². The maximum absolute atomic E-state index is 14.1. The van der Waals surface area contributed by atoms with E-state index in [9.17, 15) is 27.2 Å². The van der Waals surface area contributed by atoms with Crippen LogP contribution >= 0.6 is 0 Å². The maximum Gasteiger partial charge on any atom is 0.416 e. The number of hydrogen-bond donors (Lipinski definition) is 0. The molecule has 1 saturated heterocycles. The number of ether oxygens (including phenoxy) is 1. The zero-order chi connectivity index (χ0) is 24.3. The van der Waals surface area contributed by atoms with E-state index < -0.39 is 41.0 Å². The summed E-state index contributed by atoms with van der Waals surface area (Å²) in [6, 6.07) is 0.829. The topological polar surface area (TPSA) is 46.6 Å². The third-order valence-electron chi connectivity index (χ3n) is 6.05. The van der Waals surface area contributed by atoms with Crippen molar-refractivity contribution < 1.29 is 31.9 Å². The number of hydrogen-bond acceptors (Lipinski definition) is 3. The van der Waals surface area contributed by atoms with Gasteiger partial charge in [-0.3, -0.25) is 4.79 Å². The Morgan fingerprint density at radius 1 is 1.00 bits per heavy atom. The normalized spacial score (nSPS) is 16.3. The van der Waals surface area contributed by atoms with Gasteiger partial charge in [-0.15, -0.1) is 0 Å². The number of carbonyl (C=O) groups excluding carboxylic acids is 2. The first-order valence-corrected chi connectivity index (χ1v) is 12.1. The molecule has 1 heterocycles. The second-order valence-electron chi connectivity index (χ2n) is 8.70. The number of nitrogens with zero attached hydrogens (tertiary/aromatic N) is 1. The molecule has 0 spiro atoms. The van der Waals surface area contributed by atoms with Crippen molar-refractivity contribution in [3.8, 4) is 0 Å². The molecule has 33 heavy (non-hydrogen) atoms. The minimum atomic E-state index is -4.69. The van der Waals surface area contributed by atoms with Crippen LogP contribution in [0.25, 0.3) is 0 Å². The zero-order valence-electron chi connectivity index (χ0n) is 19.4. The summed E-state index contributed by atoms with van der Waals surface area (Å²) in [5, 5.41) is 0. The summed E-state index contributed by atoms with van der Waals surface area (Å²) < 4.78 is 58.3. The Kier molecular flexibility index (Phi) is 11.1. The summed E-state index contributed by atoms with van der Waals surface area (Å²) in [6.07, 6.45) is 7.67. The number of rotatable bonds is 13. The summed E-state index contributed by atoms with van der Waals surface area (Å²) >= 11 is 0. The third kappa shape index (κ3) is 8.63. The molecule has 4 nitrogen and oxygen atoms in total. The first-order chi connectivity index (χ1) is 15.8. The van der Waals surface area contributed by atoms with Gasteiger partial charge in [-0.25, -0.2) is 9.18 Å². The molecule has 0 saturated carbocycles. The van der Waals surface area contributed by atoms with Crippen LogP contribution in [0.15, 0.2) is 18.2 Å². The largest absolute Gasteiger partial charge is 0.464 e. The molecule has 1 atom stereocenters. The van der Waals surface area contributed by atoms with Crippen molar-refractivity contribution in [2.24, 2.45) is 0 Å². The molecule has 1 amide bonds. The van der Waals surface area contributed by atoms with Crippen LogP contribution in [0.3, 0.4) is 0 Å². The summed E-state index contributed by atoms with van der Waals surface area (Å²) in [5.74, 6) is -2.54. The average molecular weight is 474 g/mol. The van der Waals surface area contributed by atoms with Gasteiger partial charge in [-0.05, 0) is 37.5 Å². The summed E-state index contributed by atoms with van der Waals surface area (Å²) in [5.41, 5.74) is -1.79. The number of unbranched alkanes of at least 4 members (excludes halogenated alkanes) is 9. The number of alkyl halides is 3. The highest BCUT2D eigenvalue weighted by molar-refractivity contribution is 5.97. The molecule has 186 valence electrons. The van der Waals surface area contributed by atoms with Crippen LogP contribution in [-0.4, -0.2) is 36.0 Å². The lowest BCUT2D eigenvalue weighted by molar-refractivity contribution is -0.148. The third-order valence-corrected chi connectivity index (χ3v) is 6.05. The first kappa shape index (κ1) is 27.1. The number of halogens is 4. The van der Waals surface area contributed by atoms with E-state index in [0.29, 0.717) is 31.0 Å². The van der Waals surface area contributed by atoms with Gasteiger partial charge in [0.25, 0.3) is 5.91 Å². The van der Waals surface area contributed by atoms with E-state index in [1.165, 1.54) is 38.5 Å². The standard InChI is InChI=1S/C25H35F4NO3/c1-2-3-4-5-6-7-8-9-10-11-17-33-24(32)22-13-12-16-30(22)23(31)20-18-19(25(27,28)29)14-15-21(20)26/h14-15,18,22H,2-13,16-17H2,1H3. The van der Waals surface area contributed by atoms with E-state index >= 15 is 0 Å². The Labute approximate surface area is 193 Å². The lowest BCUT2D eigenvalue weighted by Crippen LogP contribution is -2.42. The fourth-order valence-electron chi connectivity index (χ4n) is 4.13. The fraction of sp³-hybridized carbons (Fsp3) is 0.680. The molecule has 1 fully saturated rings. The van der Waals surface area contributed by atoms with Crippen molar-refractivity contribution in [3.63, 3.8) is 0 Å². The molecule has 1 unspecified atom stereocenters. The lowest BCUT2D eigenvalue weighted by Gasteiger charge is -2.24. The molecule has 8 heteroatoms. The number of amides is 1. The van der Waals surface area contributed by atoms with Gasteiger partial charge in [-0.1, -0.05) is 64.7 Å². The molecule has 2 rings (SSSR count). The zero-order valence-corrected chi connectivity index (χ0v) is 19.4. The van der Waals surface area contributed by atoms with Crippen molar-refractivity contribution in [2.75, 3.05) is 13.2 Å². The minimum Gasteiger partial charge on any atom is -0.464 e. The quantitative estimate of drug-likeness (QED) is 0.178. The number of likely N-dealkylation sites (tertiary alicyclic amines) is 1. The highest BCUT2D eigenvalue weighted by atomic mass is 19.4. The molecule has 1 aromatic rings. The highest BCUT2D eigenvalue weighted by Gasteiger charge is 2.38. The van der Waals surface area contributed by atoms with E-state index in [4.69, 9.17) is 4.74 Å². The van der Waals surface area contributed by atoms with Gasteiger partial charge in [0.05, 0.1) is 17.7 Å². The lowest BCUT2D eigenvalue weighted by atomic mass is 10.1. The Balaban J connectivity index is 1.76. The maximum atomic E-state index is 14.1. The Hall–Kier alpha value is -2.12. The molecule has 0 aliphatic carbocycles. The molecular weight excluding hydrogens is 438 g/mol. The predicted octanol–water partition coefficient (Wildman–Crippen LogP) is 6.91. The Morgan fingerprint density at radius 2 is 1.61 bits per heavy atom. The van der Waals surface area contributed by atoms with E-state index in [2.05, 4.69) is 6.92 Å². The molecule has 1 aliphatic rings. The number of carbonyl (C=O) groups is 2. The van der Waals surface area contributed by atoms with E-state index in [1.807, 2.05) is 0 Å². The molecule has 1 aromatic carbocycles. The van der Waals surface area contributed by atoms with Crippen molar-refractivity contribution in [3.05, 3.63) is 35.1 Å². The van der Waals surface area contributed by atoms with Crippen molar-refractivity contribution >= 4 is 11.9 Å². The van der Waals surface area contributed by atoms with Gasteiger partial charge >= 0.3 is 12.1 Å². The second kappa shape index (κ2) is 13.6. The molecular formula is C25H35F4NO3. The highest BCUT2D eigenvalue weighted by Crippen LogP contribution is 2.31. The van der Waals surface area contributed by atoms with Crippen LogP contribution in [0.2, 0.25) is 0 Å². The van der Waals surface area contributed by atoms with Crippen LogP contribution in [0.4, 0.5) is 17.6 Å². The number of benzene rings is 1. The molecule has 0 aromatic heterocycles. The summed E-state index contributed by atoms with van der Waals surface area (Å²) in [6.45, 7) is 2.61. The molecule has 0 radical (unpaired) electrons. The van der Waals surface area contributed by atoms with Crippen LogP contribution in [0.1, 0.15) is 99.9 Å². The minimum absolute atomic E-state index is 0.173. The van der Waals surface area contributed by atoms with Crippen LogP contribution < -0.4 is 0 Å². The molecule has 0 bridgehead atoms. The Morgan fingerprint density at radius 3 is 2.21 bits per heavy atom. The predicted molar refractivity (Wildman–Crippen MR) is 118 cm³/mol. The molecule has 0 N–H and O–H groups in total. The van der Waals surface area contributed by atoms with Gasteiger partial charge in [0.2, 0.25) is 0 Å². The number of esters is 1. The summed E-state index contributed by atoms with van der Waals surface area (Å²) in [4.78, 5) is 26.3. The first-order valence-electron chi connectivity index (χ1n) is 12.1. The van der Waals surface area contributed by atoms with Gasteiger partial charge < -0.3 is 9.64 Å². The van der Waals surface area contributed by atoms with Gasteiger partial charge in [0, 0.05) is 6.54 Å². The van der Waals surface area contributed by atoms with Crippen molar-refractivity contribution in [2.45, 2.75) is 96.2 Å². The van der Waals surface area contributed by atoms with E-state index in [-0.39, 0.29) is 13.2 Å². The van der Waals surface area contributed by atoms with E-state index in [1.54, 1.807) is 0 Å². The Bertz CT molecular complexity index is 767. The van der Waals surface area contributed by atoms with E-state index in [0.717, 1.165) is 30.6 Å². The van der Waals surface area contributed by atoms with Crippen molar-refractivity contribution in [1.82, 2.24) is 4.90 Å². The smallest absolute Gasteiger partial charge is 0.416 e. The second-order valence-corrected chi connectivity index (χ2v) is 8.70.